The zero-order chi connectivity index (χ0) is 15.3. The summed E-state index contributed by atoms with van der Waals surface area (Å²) in [5.41, 5.74) is 0.0792. The molecule has 0 spiro atoms. The fourth-order valence-corrected chi connectivity index (χ4v) is 3.35. The number of hydrogen-bond donors (Lipinski definition) is 2. The van der Waals surface area contributed by atoms with E-state index in [2.05, 4.69) is 12.2 Å². The van der Waals surface area contributed by atoms with E-state index >= 15 is 0 Å². The molecule has 1 aromatic carbocycles. The van der Waals surface area contributed by atoms with Crippen molar-refractivity contribution < 1.29 is 9.50 Å². The van der Waals surface area contributed by atoms with Gasteiger partial charge in [0.25, 0.3) is 0 Å². The van der Waals surface area contributed by atoms with Crippen LogP contribution in [-0.2, 0) is 0 Å². The first kappa shape index (κ1) is 16.4. The molecule has 0 amide bonds. The fourth-order valence-electron chi connectivity index (χ4n) is 3.35. The van der Waals surface area contributed by atoms with Crippen molar-refractivity contribution in [3.63, 3.8) is 0 Å². The Morgan fingerprint density at radius 3 is 2.52 bits per heavy atom. The smallest absolute Gasteiger partial charge is 0.127 e. The molecule has 2 N–H and O–H groups in total. The van der Waals surface area contributed by atoms with Gasteiger partial charge in [-0.3, -0.25) is 0 Å². The fraction of sp³-hybridized carbons (Fsp3) is 0.667. The molecule has 0 bridgehead atoms. The topological polar surface area (TPSA) is 32.3 Å². The van der Waals surface area contributed by atoms with Crippen LogP contribution >= 0.6 is 0 Å². The number of halogens is 1. The lowest BCUT2D eigenvalue weighted by atomic mass is 9.77. The van der Waals surface area contributed by atoms with Crippen LogP contribution in [0, 0.1) is 11.7 Å². The third kappa shape index (κ3) is 4.27. The largest absolute Gasteiger partial charge is 0.389 e. The number of rotatable bonds is 6. The molecule has 1 saturated carbocycles. The molecule has 0 aromatic heterocycles. The molecule has 1 fully saturated rings. The van der Waals surface area contributed by atoms with E-state index < -0.39 is 5.60 Å². The summed E-state index contributed by atoms with van der Waals surface area (Å²) in [6.45, 7) is 4.82. The number of aliphatic hydroxyl groups is 1. The maximum absolute atomic E-state index is 13.9. The van der Waals surface area contributed by atoms with Crippen molar-refractivity contribution in [3.05, 3.63) is 35.6 Å². The van der Waals surface area contributed by atoms with Gasteiger partial charge in [-0.25, -0.2) is 4.39 Å². The zero-order valence-electron chi connectivity index (χ0n) is 13.2. The van der Waals surface area contributed by atoms with Crippen molar-refractivity contribution >= 4 is 0 Å². The Morgan fingerprint density at radius 1 is 1.29 bits per heavy atom. The summed E-state index contributed by atoms with van der Waals surface area (Å²) in [6.07, 6.45) is 5.93. The van der Waals surface area contributed by atoms with Crippen LogP contribution in [0.15, 0.2) is 24.3 Å². The molecule has 0 saturated heterocycles. The lowest BCUT2D eigenvalue weighted by molar-refractivity contribution is -0.0108. The first-order chi connectivity index (χ1) is 10.1. The summed E-state index contributed by atoms with van der Waals surface area (Å²) in [6, 6.07) is 6.88. The van der Waals surface area contributed by atoms with Crippen molar-refractivity contribution in [2.24, 2.45) is 5.92 Å². The third-order valence-electron chi connectivity index (χ3n) is 4.98. The van der Waals surface area contributed by atoms with Crippen molar-refractivity contribution in [2.75, 3.05) is 6.54 Å². The second kappa shape index (κ2) is 7.37. The van der Waals surface area contributed by atoms with Gasteiger partial charge in [-0.05, 0) is 44.1 Å². The molecule has 2 nitrogen and oxygen atoms in total. The first-order valence-electron chi connectivity index (χ1n) is 8.28. The predicted octanol–water partition coefficient (Wildman–Crippen LogP) is 4.20. The van der Waals surface area contributed by atoms with E-state index in [4.69, 9.17) is 0 Å². The van der Waals surface area contributed by atoms with Crippen LogP contribution in [0.5, 0.6) is 0 Å². The highest BCUT2D eigenvalue weighted by atomic mass is 19.1. The molecule has 1 aromatic rings. The summed E-state index contributed by atoms with van der Waals surface area (Å²) < 4.78 is 13.9. The highest BCUT2D eigenvalue weighted by molar-refractivity contribution is 5.21. The van der Waals surface area contributed by atoms with Gasteiger partial charge in [0.1, 0.15) is 5.82 Å². The molecule has 2 rings (SSSR count). The van der Waals surface area contributed by atoms with E-state index in [0.717, 1.165) is 38.0 Å². The maximum atomic E-state index is 13.9. The predicted molar refractivity (Wildman–Crippen MR) is 84.6 cm³/mol. The molecule has 0 aliphatic heterocycles. The van der Waals surface area contributed by atoms with E-state index in [1.807, 2.05) is 19.1 Å². The SMILES string of the molecule is CCC1CCC(O)(CNC(CC)c2ccccc2F)CC1. The number of benzene rings is 1. The standard InChI is InChI=1S/C18H28FNO/c1-3-14-9-11-18(21,12-10-14)13-20-17(4-2)15-7-5-6-8-16(15)19/h5-8,14,17,20-21H,3-4,9-13H2,1-2H3. The van der Waals surface area contributed by atoms with E-state index in [1.54, 1.807) is 6.07 Å². The van der Waals surface area contributed by atoms with Crippen LogP contribution in [0.25, 0.3) is 0 Å². The molecule has 1 atom stereocenters. The van der Waals surface area contributed by atoms with E-state index in [0.29, 0.717) is 12.1 Å². The Kier molecular flexibility index (Phi) is 5.77. The second-order valence-corrected chi connectivity index (χ2v) is 6.44. The van der Waals surface area contributed by atoms with Crippen LogP contribution < -0.4 is 5.32 Å². The minimum Gasteiger partial charge on any atom is -0.389 e. The summed E-state index contributed by atoms with van der Waals surface area (Å²) >= 11 is 0. The minimum atomic E-state index is -0.621. The quantitative estimate of drug-likeness (QED) is 0.824. The van der Waals surface area contributed by atoms with Crippen molar-refractivity contribution in [1.82, 2.24) is 5.32 Å². The van der Waals surface area contributed by atoms with Gasteiger partial charge in [0.2, 0.25) is 0 Å². The zero-order valence-corrected chi connectivity index (χ0v) is 13.2. The minimum absolute atomic E-state index is 0.0286. The Hall–Kier alpha value is -0.930. The van der Waals surface area contributed by atoms with Gasteiger partial charge in [0.05, 0.1) is 5.60 Å². The number of nitrogens with one attached hydrogen (secondary N) is 1. The molecule has 1 aliphatic carbocycles. The molecule has 118 valence electrons. The van der Waals surface area contributed by atoms with Crippen LogP contribution in [0.2, 0.25) is 0 Å². The summed E-state index contributed by atoms with van der Waals surface area (Å²) in [5, 5.41) is 14.1. The average molecular weight is 293 g/mol. The Morgan fingerprint density at radius 2 is 1.95 bits per heavy atom. The maximum Gasteiger partial charge on any atom is 0.127 e. The van der Waals surface area contributed by atoms with Gasteiger partial charge in [0, 0.05) is 18.2 Å². The summed E-state index contributed by atoms with van der Waals surface area (Å²) in [7, 11) is 0. The summed E-state index contributed by atoms with van der Waals surface area (Å²) in [5.74, 6) is 0.595. The highest BCUT2D eigenvalue weighted by Crippen LogP contribution is 2.33. The van der Waals surface area contributed by atoms with E-state index in [1.165, 1.54) is 12.5 Å². The molecule has 0 heterocycles. The molecule has 1 aliphatic rings. The van der Waals surface area contributed by atoms with E-state index in [-0.39, 0.29) is 11.9 Å². The van der Waals surface area contributed by atoms with Crippen LogP contribution in [0.3, 0.4) is 0 Å². The number of hydrogen-bond acceptors (Lipinski definition) is 2. The monoisotopic (exact) mass is 293 g/mol. The average Bonchev–Trinajstić information content (AvgIpc) is 2.50. The summed E-state index contributed by atoms with van der Waals surface area (Å²) in [4.78, 5) is 0. The Balaban J connectivity index is 1.93. The van der Waals surface area contributed by atoms with Crippen molar-refractivity contribution in [3.8, 4) is 0 Å². The lowest BCUT2D eigenvalue weighted by Crippen LogP contribution is -2.44. The van der Waals surface area contributed by atoms with Gasteiger partial charge in [-0.2, -0.15) is 0 Å². The van der Waals surface area contributed by atoms with Gasteiger partial charge in [-0.1, -0.05) is 38.5 Å². The Bertz CT molecular complexity index is 441. The molecule has 3 heteroatoms. The normalized spacial score (nSPS) is 27.5. The molecular weight excluding hydrogens is 265 g/mol. The first-order valence-corrected chi connectivity index (χ1v) is 8.28. The van der Waals surface area contributed by atoms with E-state index in [9.17, 15) is 9.50 Å². The van der Waals surface area contributed by atoms with Gasteiger partial charge < -0.3 is 10.4 Å². The third-order valence-corrected chi connectivity index (χ3v) is 4.98. The molecule has 1 unspecified atom stereocenters. The Labute approximate surface area is 127 Å². The second-order valence-electron chi connectivity index (χ2n) is 6.44. The van der Waals surface area contributed by atoms with Gasteiger partial charge in [-0.15, -0.1) is 0 Å². The van der Waals surface area contributed by atoms with Gasteiger partial charge >= 0.3 is 0 Å². The van der Waals surface area contributed by atoms with Crippen LogP contribution in [0.1, 0.15) is 64.0 Å². The van der Waals surface area contributed by atoms with Crippen LogP contribution in [0.4, 0.5) is 4.39 Å². The molecule has 21 heavy (non-hydrogen) atoms. The van der Waals surface area contributed by atoms with Crippen molar-refractivity contribution in [2.45, 2.75) is 64.0 Å². The molecular formula is C18H28FNO. The van der Waals surface area contributed by atoms with Crippen molar-refractivity contribution in [1.29, 1.82) is 0 Å². The van der Waals surface area contributed by atoms with Crippen LogP contribution in [-0.4, -0.2) is 17.3 Å². The lowest BCUT2D eigenvalue weighted by Gasteiger charge is -2.37. The van der Waals surface area contributed by atoms with Gasteiger partial charge in [0.15, 0.2) is 0 Å². The molecule has 0 radical (unpaired) electrons. The highest BCUT2D eigenvalue weighted by Gasteiger charge is 2.33.